The van der Waals surface area contributed by atoms with Crippen LogP contribution in [0.4, 0.5) is 0 Å². The summed E-state index contributed by atoms with van der Waals surface area (Å²) in [5.41, 5.74) is 0.648. The van der Waals surface area contributed by atoms with Crippen LogP contribution in [-0.4, -0.2) is 27.1 Å². The van der Waals surface area contributed by atoms with Crippen LogP contribution in [0, 0.1) is 0 Å². The van der Waals surface area contributed by atoms with Gasteiger partial charge in [-0.25, -0.2) is 9.59 Å². The lowest BCUT2D eigenvalue weighted by Crippen LogP contribution is -1.86. The Morgan fingerprint density at radius 3 is 2.24 bits per heavy atom. The molecular weight excluding hydrogens is 274 g/mol. The third kappa shape index (κ3) is 7.78. The molecule has 0 radical (unpaired) electrons. The van der Waals surface area contributed by atoms with E-state index in [9.17, 15) is 9.59 Å². The zero-order valence-corrected chi connectivity index (χ0v) is 10.9. The summed E-state index contributed by atoms with van der Waals surface area (Å²) < 4.78 is 4.83. The van der Waals surface area contributed by atoms with Crippen molar-refractivity contribution < 1.29 is 24.2 Å². The van der Waals surface area contributed by atoms with Crippen LogP contribution in [-0.2, 0) is 9.59 Å². The van der Waals surface area contributed by atoms with E-state index in [2.05, 4.69) is 4.98 Å². The average molecular weight is 287 g/mol. The molecule has 0 amide bonds. The Kier molecular flexibility index (Phi) is 6.72. The highest BCUT2D eigenvalue weighted by Crippen LogP contribution is 2.01. The molecule has 2 rings (SSSR count). The van der Waals surface area contributed by atoms with Crippen molar-refractivity contribution in [2.75, 3.05) is 0 Å². The number of hydrogen-bond donors (Lipinski definition) is 2. The van der Waals surface area contributed by atoms with Crippen LogP contribution in [0.1, 0.15) is 11.5 Å². The van der Waals surface area contributed by atoms with Crippen LogP contribution in [0.5, 0.6) is 0 Å². The van der Waals surface area contributed by atoms with E-state index in [0.29, 0.717) is 11.5 Å². The Morgan fingerprint density at radius 1 is 1.00 bits per heavy atom. The van der Waals surface area contributed by atoms with Gasteiger partial charge in [0, 0.05) is 18.3 Å². The molecule has 0 fully saturated rings. The highest BCUT2D eigenvalue weighted by Gasteiger charge is 1.89. The minimum Gasteiger partial charge on any atom is -0.478 e. The number of pyridine rings is 1. The molecule has 0 bridgehead atoms. The van der Waals surface area contributed by atoms with Crippen molar-refractivity contribution in [3.63, 3.8) is 0 Å². The Labute approximate surface area is 120 Å². The van der Waals surface area contributed by atoms with E-state index < -0.39 is 11.9 Å². The van der Waals surface area contributed by atoms with E-state index in [0.717, 1.165) is 12.2 Å². The number of nitrogens with zero attached hydrogens (tertiary/aromatic N) is 1. The summed E-state index contributed by atoms with van der Waals surface area (Å²) in [6.07, 6.45) is 8.02. The van der Waals surface area contributed by atoms with E-state index in [1.54, 1.807) is 36.5 Å². The topological polar surface area (TPSA) is 101 Å². The lowest BCUT2D eigenvalue weighted by molar-refractivity contribution is -0.132. The van der Waals surface area contributed by atoms with Gasteiger partial charge in [-0.1, -0.05) is 6.07 Å². The highest BCUT2D eigenvalue weighted by molar-refractivity contribution is 5.85. The molecule has 0 aliphatic heterocycles. The van der Waals surface area contributed by atoms with Crippen LogP contribution in [0.15, 0.2) is 59.4 Å². The van der Waals surface area contributed by atoms with E-state index in [-0.39, 0.29) is 0 Å². The summed E-state index contributed by atoms with van der Waals surface area (Å²) in [5.74, 6) is -1.39. The van der Waals surface area contributed by atoms with Gasteiger partial charge in [0.05, 0.1) is 12.0 Å². The third-order valence-corrected chi connectivity index (χ3v) is 2.02. The Bertz CT molecular complexity index is 615. The van der Waals surface area contributed by atoms with Crippen molar-refractivity contribution >= 4 is 24.1 Å². The standard InChI is InChI=1S/C8H7NO2.C7H6O3/c10-8(11)5-4-7-3-1-2-6-9-7;8-7(9)4-3-6-2-1-5-10-6/h1-6H,(H,10,11);1-5H,(H,8,9). The van der Waals surface area contributed by atoms with Crippen LogP contribution in [0.2, 0.25) is 0 Å². The van der Waals surface area contributed by atoms with Gasteiger partial charge in [-0.05, 0) is 36.4 Å². The minimum absolute atomic E-state index is 0.544. The van der Waals surface area contributed by atoms with Crippen molar-refractivity contribution in [3.05, 3.63) is 66.4 Å². The molecule has 2 heterocycles. The largest absolute Gasteiger partial charge is 0.478 e. The molecule has 0 unspecified atom stereocenters. The maximum Gasteiger partial charge on any atom is 0.328 e. The van der Waals surface area contributed by atoms with Gasteiger partial charge in [-0.15, -0.1) is 0 Å². The molecule has 6 heteroatoms. The van der Waals surface area contributed by atoms with Crippen molar-refractivity contribution in [2.45, 2.75) is 0 Å². The second-order valence-corrected chi connectivity index (χ2v) is 3.61. The zero-order valence-electron chi connectivity index (χ0n) is 10.9. The molecule has 108 valence electrons. The summed E-state index contributed by atoms with van der Waals surface area (Å²) >= 11 is 0. The van der Waals surface area contributed by atoms with Gasteiger partial charge in [-0.3, -0.25) is 4.98 Å². The molecule has 0 atom stereocenters. The van der Waals surface area contributed by atoms with E-state index in [4.69, 9.17) is 14.6 Å². The number of aromatic nitrogens is 1. The predicted octanol–water partition coefficient (Wildman–Crippen LogP) is 2.56. The molecule has 0 aromatic carbocycles. The molecule has 0 aliphatic rings. The molecule has 2 N–H and O–H groups in total. The maximum atomic E-state index is 10.1. The van der Waals surface area contributed by atoms with Crippen LogP contribution >= 0.6 is 0 Å². The van der Waals surface area contributed by atoms with Crippen molar-refractivity contribution in [3.8, 4) is 0 Å². The van der Waals surface area contributed by atoms with Gasteiger partial charge in [0.2, 0.25) is 0 Å². The van der Waals surface area contributed by atoms with E-state index in [1.165, 1.54) is 18.4 Å². The molecule has 2 aromatic rings. The first kappa shape index (κ1) is 15.9. The normalized spacial score (nSPS) is 10.3. The van der Waals surface area contributed by atoms with E-state index in [1.807, 2.05) is 0 Å². The molecule has 2 aromatic heterocycles. The second-order valence-electron chi connectivity index (χ2n) is 3.61. The fourth-order valence-electron chi connectivity index (χ4n) is 1.17. The Morgan fingerprint density at radius 2 is 1.71 bits per heavy atom. The highest BCUT2D eigenvalue weighted by atomic mass is 16.4. The number of rotatable bonds is 4. The van der Waals surface area contributed by atoms with Gasteiger partial charge >= 0.3 is 11.9 Å². The number of carboxylic acids is 2. The summed E-state index contributed by atoms with van der Waals surface area (Å²) in [4.78, 5) is 23.9. The SMILES string of the molecule is O=C(O)C=Cc1ccccn1.O=C(O)C=Cc1ccco1. The van der Waals surface area contributed by atoms with Gasteiger partial charge < -0.3 is 14.6 Å². The summed E-state index contributed by atoms with van der Waals surface area (Å²) in [6, 6.07) is 8.69. The van der Waals surface area contributed by atoms with Gasteiger partial charge in [0.15, 0.2) is 0 Å². The molecule has 0 aliphatic carbocycles. The number of carbonyl (C=O) groups is 2. The number of aliphatic carboxylic acids is 2. The first-order valence-corrected chi connectivity index (χ1v) is 5.84. The fourth-order valence-corrected chi connectivity index (χ4v) is 1.17. The predicted molar refractivity (Wildman–Crippen MR) is 76.3 cm³/mol. The van der Waals surface area contributed by atoms with Crippen LogP contribution < -0.4 is 0 Å². The average Bonchev–Trinajstić information content (AvgIpc) is 2.98. The smallest absolute Gasteiger partial charge is 0.328 e. The fraction of sp³-hybridized carbons (Fsp3) is 0. The van der Waals surface area contributed by atoms with Crippen molar-refractivity contribution in [1.82, 2.24) is 4.98 Å². The molecule has 6 nitrogen and oxygen atoms in total. The van der Waals surface area contributed by atoms with Gasteiger partial charge in [-0.2, -0.15) is 0 Å². The summed E-state index contributed by atoms with van der Waals surface area (Å²) in [6.45, 7) is 0. The second kappa shape index (κ2) is 8.87. The molecule has 21 heavy (non-hydrogen) atoms. The van der Waals surface area contributed by atoms with E-state index >= 15 is 0 Å². The monoisotopic (exact) mass is 287 g/mol. The third-order valence-electron chi connectivity index (χ3n) is 2.02. The van der Waals surface area contributed by atoms with Gasteiger partial charge in [0.1, 0.15) is 5.76 Å². The number of hydrogen-bond acceptors (Lipinski definition) is 4. The summed E-state index contributed by atoms with van der Waals surface area (Å²) in [7, 11) is 0. The lowest BCUT2D eigenvalue weighted by atomic mass is 10.3. The van der Waals surface area contributed by atoms with Crippen LogP contribution in [0.25, 0.3) is 12.2 Å². The quantitative estimate of drug-likeness (QED) is 0.838. The Hall–Kier alpha value is -3.15. The van der Waals surface area contributed by atoms with Crippen molar-refractivity contribution in [1.29, 1.82) is 0 Å². The Balaban J connectivity index is 0.000000211. The maximum absolute atomic E-state index is 10.1. The first-order chi connectivity index (χ1) is 10.1. The van der Waals surface area contributed by atoms with Crippen LogP contribution in [0.3, 0.4) is 0 Å². The van der Waals surface area contributed by atoms with Gasteiger partial charge in [0.25, 0.3) is 0 Å². The molecule has 0 saturated heterocycles. The first-order valence-electron chi connectivity index (χ1n) is 5.84. The minimum atomic E-state index is -0.976. The molecular formula is C15H13NO5. The lowest BCUT2D eigenvalue weighted by Gasteiger charge is -1.87. The number of carboxylic acid groups (broad SMARTS) is 2. The molecule has 0 saturated carbocycles. The number of furan rings is 1. The summed E-state index contributed by atoms with van der Waals surface area (Å²) in [5, 5.41) is 16.4. The van der Waals surface area contributed by atoms with Crippen molar-refractivity contribution in [2.24, 2.45) is 0 Å². The molecule has 0 spiro atoms. The zero-order chi connectivity index (χ0) is 15.5.